The van der Waals surface area contributed by atoms with Crippen LogP contribution in [-0.4, -0.2) is 24.1 Å². The highest BCUT2D eigenvalue weighted by atomic mass is 19.1. The van der Waals surface area contributed by atoms with Crippen molar-refractivity contribution in [2.75, 3.05) is 19.5 Å². The van der Waals surface area contributed by atoms with E-state index in [1.54, 1.807) is 32.2 Å². The second-order valence-electron chi connectivity index (χ2n) is 3.78. The van der Waals surface area contributed by atoms with Crippen LogP contribution in [0, 0.1) is 12.7 Å². The Morgan fingerprint density at radius 1 is 1.22 bits per heavy atom. The van der Waals surface area contributed by atoms with E-state index < -0.39 is 5.82 Å². The molecule has 18 heavy (non-hydrogen) atoms. The van der Waals surface area contributed by atoms with E-state index in [2.05, 4.69) is 15.3 Å². The predicted octanol–water partition coefficient (Wildman–Crippen LogP) is 2.64. The molecule has 94 valence electrons. The molecule has 0 fully saturated rings. The lowest BCUT2D eigenvalue weighted by molar-refractivity contribution is 0.386. The molecule has 0 aliphatic rings. The maximum atomic E-state index is 13.6. The van der Waals surface area contributed by atoms with Crippen LogP contribution in [0.2, 0.25) is 0 Å². The van der Waals surface area contributed by atoms with Crippen LogP contribution < -0.4 is 10.1 Å². The van der Waals surface area contributed by atoms with Crippen LogP contribution in [-0.2, 0) is 0 Å². The fourth-order valence-corrected chi connectivity index (χ4v) is 1.67. The van der Waals surface area contributed by atoms with E-state index in [9.17, 15) is 4.39 Å². The van der Waals surface area contributed by atoms with Gasteiger partial charge in [0.25, 0.3) is 0 Å². The van der Waals surface area contributed by atoms with Gasteiger partial charge in [0.2, 0.25) is 0 Å². The summed E-state index contributed by atoms with van der Waals surface area (Å²) in [5, 5.41) is 2.95. The van der Waals surface area contributed by atoms with E-state index in [4.69, 9.17) is 4.74 Å². The van der Waals surface area contributed by atoms with Crippen LogP contribution in [0.1, 0.15) is 5.82 Å². The van der Waals surface area contributed by atoms with Gasteiger partial charge in [0, 0.05) is 18.7 Å². The number of nitrogens with one attached hydrogen (secondary N) is 1. The summed E-state index contributed by atoms with van der Waals surface area (Å²) < 4.78 is 18.5. The van der Waals surface area contributed by atoms with E-state index in [1.807, 2.05) is 0 Å². The van der Waals surface area contributed by atoms with Crippen LogP contribution in [0.5, 0.6) is 5.75 Å². The summed E-state index contributed by atoms with van der Waals surface area (Å²) in [6.45, 7) is 1.80. The zero-order chi connectivity index (χ0) is 13.1. The summed E-state index contributed by atoms with van der Waals surface area (Å²) >= 11 is 0. The van der Waals surface area contributed by atoms with Crippen LogP contribution in [0.15, 0.2) is 24.3 Å². The Labute approximate surface area is 105 Å². The van der Waals surface area contributed by atoms with E-state index in [-0.39, 0.29) is 5.75 Å². The van der Waals surface area contributed by atoms with Crippen molar-refractivity contribution in [3.05, 3.63) is 35.9 Å². The second-order valence-corrected chi connectivity index (χ2v) is 3.78. The number of benzene rings is 1. The smallest absolute Gasteiger partial charge is 0.165 e. The summed E-state index contributed by atoms with van der Waals surface area (Å²) in [5.41, 5.74) is 1.36. The molecule has 0 atom stereocenters. The highest BCUT2D eigenvalue weighted by molar-refractivity contribution is 5.63. The number of aromatic nitrogens is 2. The highest BCUT2D eigenvalue weighted by Gasteiger charge is 2.08. The molecule has 4 nitrogen and oxygen atoms in total. The van der Waals surface area contributed by atoms with Crippen molar-refractivity contribution in [1.82, 2.24) is 9.97 Å². The number of anilines is 1. The number of aryl methyl sites for hydroxylation is 1. The maximum Gasteiger partial charge on any atom is 0.165 e. The number of halogens is 1. The zero-order valence-electron chi connectivity index (χ0n) is 10.5. The molecule has 2 aromatic rings. The second kappa shape index (κ2) is 5.00. The van der Waals surface area contributed by atoms with Gasteiger partial charge >= 0.3 is 0 Å². The molecular weight excluding hydrogens is 233 g/mol. The third-order valence-corrected chi connectivity index (χ3v) is 2.54. The molecule has 0 aliphatic heterocycles. The molecule has 0 saturated heterocycles. The van der Waals surface area contributed by atoms with Gasteiger partial charge in [-0.2, -0.15) is 0 Å². The molecular formula is C13H14FN3O. The third-order valence-electron chi connectivity index (χ3n) is 2.54. The van der Waals surface area contributed by atoms with Crippen LogP contribution in [0.25, 0.3) is 11.3 Å². The normalized spacial score (nSPS) is 10.2. The third kappa shape index (κ3) is 2.40. The van der Waals surface area contributed by atoms with Gasteiger partial charge in [0.15, 0.2) is 11.6 Å². The van der Waals surface area contributed by atoms with Gasteiger partial charge in [-0.1, -0.05) is 0 Å². The molecule has 0 unspecified atom stereocenters. The Kier molecular flexibility index (Phi) is 3.41. The first-order valence-corrected chi connectivity index (χ1v) is 5.51. The minimum atomic E-state index is -0.405. The quantitative estimate of drug-likeness (QED) is 0.905. The summed E-state index contributed by atoms with van der Waals surface area (Å²) in [6.07, 6.45) is 0. The minimum absolute atomic E-state index is 0.221. The number of nitrogens with zero attached hydrogens (tertiary/aromatic N) is 2. The Balaban J connectivity index is 2.48. The average Bonchev–Trinajstić information content (AvgIpc) is 2.37. The largest absolute Gasteiger partial charge is 0.494 e. The van der Waals surface area contributed by atoms with Crippen molar-refractivity contribution >= 4 is 5.82 Å². The lowest BCUT2D eigenvalue weighted by Gasteiger charge is -2.07. The van der Waals surface area contributed by atoms with Crippen molar-refractivity contribution in [3.8, 4) is 17.0 Å². The molecule has 0 bridgehead atoms. The average molecular weight is 247 g/mol. The van der Waals surface area contributed by atoms with Crippen molar-refractivity contribution in [3.63, 3.8) is 0 Å². The Morgan fingerprint density at radius 2 is 2.00 bits per heavy atom. The lowest BCUT2D eigenvalue weighted by atomic mass is 10.1. The van der Waals surface area contributed by atoms with Crippen LogP contribution >= 0.6 is 0 Å². The Bertz CT molecular complexity index is 572. The van der Waals surface area contributed by atoms with Crippen molar-refractivity contribution < 1.29 is 9.13 Å². The van der Waals surface area contributed by atoms with Gasteiger partial charge in [-0.05, 0) is 25.1 Å². The van der Waals surface area contributed by atoms with E-state index >= 15 is 0 Å². The van der Waals surface area contributed by atoms with E-state index in [0.717, 1.165) is 0 Å². The van der Waals surface area contributed by atoms with Crippen LogP contribution in [0.3, 0.4) is 0 Å². The van der Waals surface area contributed by atoms with Gasteiger partial charge in [-0.15, -0.1) is 0 Å². The summed E-state index contributed by atoms with van der Waals surface area (Å²) in [7, 11) is 3.21. The minimum Gasteiger partial charge on any atom is -0.494 e. The number of ether oxygens (including phenoxy) is 1. The summed E-state index contributed by atoms with van der Waals surface area (Å²) in [6, 6.07) is 6.53. The first kappa shape index (κ1) is 12.3. The standard InChI is InChI=1S/C13H14FN3O/c1-8-16-11(7-13(15-2)17-8)9-4-5-12(18-3)10(14)6-9/h4-7H,1-3H3,(H,15,16,17). The molecule has 5 heteroatoms. The monoisotopic (exact) mass is 247 g/mol. The molecule has 0 amide bonds. The molecule has 1 N–H and O–H groups in total. The number of hydrogen-bond donors (Lipinski definition) is 1. The maximum absolute atomic E-state index is 13.6. The lowest BCUT2D eigenvalue weighted by Crippen LogP contribution is -1.98. The van der Waals surface area contributed by atoms with Crippen molar-refractivity contribution in [2.24, 2.45) is 0 Å². The van der Waals surface area contributed by atoms with E-state index in [1.165, 1.54) is 13.2 Å². The van der Waals surface area contributed by atoms with Gasteiger partial charge in [-0.25, -0.2) is 14.4 Å². The Hall–Kier alpha value is -2.17. The van der Waals surface area contributed by atoms with Gasteiger partial charge in [-0.3, -0.25) is 0 Å². The molecule has 1 aromatic heterocycles. The number of methoxy groups -OCH3 is 1. The van der Waals surface area contributed by atoms with Crippen LogP contribution in [0.4, 0.5) is 10.2 Å². The zero-order valence-corrected chi connectivity index (χ0v) is 10.5. The van der Waals surface area contributed by atoms with Crippen molar-refractivity contribution in [1.29, 1.82) is 0 Å². The first-order chi connectivity index (χ1) is 8.63. The Morgan fingerprint density at radius 3 is 2.61 bits per heavy atom. The first-order valence-electron chi connectivity index (χ1n) is 5.51. The van der Waals surface area contributed by atoms with Gasteiger partial charge in [0.05, 0.1) is 12.8 Å². The molecule has 1 aromatic carbocycles. The fraction of sp³-hybridized carbons (Fsp3) is 0.231. The SMILES string of the molecule is CNc1cc(-c2ccc(OC)c(F)c2)nc(C)n1. The molecule has 0 radical (unpaired) electrons. The molecule has 2 rings (SSSR count). The molecule has 0 spiro atoms. The summed E-state index contributed by atoms with van der Waals surface area (Å²) in [4.78, 5) is 8.48. The van der Waals surface area contributed by atoms with Crippen molar-refractivity contribution in [2.45, 2.75) is 6.92 Å². The highest BCUT2D eigenvalue weighted by Crippen LogP contribution is 2.25. The number of rotatable bonds is 3. The number of hydrogen-bond acceptors (Lipinski definition) is 4. The fourth-order valence-electron chi connectivity index (χ4n) is 1.67. The molecule has 0 aliphatic carbocycles. The van der Waals surface area contributed by atoms with Gasteiger partial charge < -0.3 is 10.1 Å². The topological polar surface area (TPSA) is 47.0 Å². The van der Waals surface area contributed by atoms with E-state index in [0.29, 0.717) is 22.9 Å². The predicted molar refractivity (Wildman–Crippen MR) is 68.3 cm³/mol. The molecule has 0 saturated carbocycles. The summed E-state index contributed by atoms with van der Waals surface area (Å²) in [5.74, 6) is 1.15. The molecule has 1 heterocycles. The van der Waals surface area contributed by atoms with Gasteiger partial charge in [0.1, 0.15) is 11.6 Å².